The zero-order valence-corrected chi connectivity index (χ0v) is 12.3. The van der Waals surface area contributed by atoms with Gasteiger partial charge in [-0.1, -0.05) is 13.8 Å². The number of esters is 1. The van der Waals surface area contributed by atoms with Crippen molar-refractivity contribution in [2.45, 2.75) is 46.3 Å². The van der Waals surface area contributed by atoms with Crippen molar-refractivity contribution >= 4 is 23.8 Å². The highest BCUT2D eigenvalue weighted by molar-refractivity contribution is 5.70. The van der Waals surface area contributed by atoms with Crippen molar-refractivity contribution in [1.82, 2.24) is 15.0 Å². The molecular formula is C12H22N6O2. The lowest BCUT2D eigenvalue weighted by molar-refractivity contribution is -0.147. The molecule has 5 N–H and O–H groups in total. The molecule has 112 valence electrons. The van der Waals surface area contributed by atoms with E-state index in [1.807, 2.05) is 27.7 Å². The molecule has 0 amide bonds. The molecule has 0 saturated heterocycles. The van der Waals surface area contributed by atoms with Gasteiger partial charge >= 0.3 is 5.97 Å². The summed E-state index contributed by atoms with van der Waals surface area (Å²) in [6.07, 6.45) is 0.0696. The molecule has 0 aliphatic heterocycles. The average Bonchev–Trinajstić information content (AvgIpc) is 2.25. The van der Waals surface area contributed by atoms with Crippen molar-refractivity contribution in [2.24, 2.45) is 5.92 Å². The number of nitrogens with zero attached hydrogens (tertiary/aromatic N) is 3. The SMILES string of the molecule is CC(C)OC(=O)CC(Nc1nc(N)nc(N)n1)C(C)C. The van der Waals surface area contributed by atoms with Gasteiger partial charge < -0.3 is 21.5 Å². The maximum absolute atomic E-state index is 11.7. The van der Waals surface area contributed by atoms with Crippen LogP contribution >= 0.6 is 0 Å². The van der Waals surface area contributed by atoms with Crippen LogP contribution in [0.15, 0.2) is 0 Å². The van der Waals surface area contributed by atoms with E-state index in [1.54, 1.807) is 0 Å². The first-order chi connectivity index (χ1) is 9.27. The molecule has 0 aromatic carbocycles. The van der Waals surface area contributed by atoms with Crippen molar-refractivity contribution in [2.75, 3.05) is 16.8 Å². The maximum Gasteiger partial charge on any atom is 0.308 e. The number of nitrogens with one attached hydrogen (secondary N) is 1. The first kappa shape index (κ1) is 15.9. The van der Waals surface area contributed by atoms with Gasteiger partial charge in [-0.15, -0.1) is 0 Å². The molecule has 0 bridgehead atoms. The number of hydrogen-bond donors (Lipinski definition) is 3. The van der Waals surface area contributed by atoms with Crippen molar-refractivity contribution in [1.29, 1.82) is 0 Å². The number of rotatable bonds is 6. The summed E-state index contributed by atoms with van der Waals surface area (Å²) < 4.78 is 5.13. The van der Waals surface area contributed by atoms with E-state index in [9.17, 15) is 4.79 Å². The zero-order chi connectivity index (χ0) is 15.3. The standard InChI is InChI=1S/C12H22N6O2/c1-6(2)8(5-9(19)20-7(3)4)15-12-17-10(13)16-11(14)18-12/h6-8H,5H2,1-4H3,(H5,13,14,15,16,17,18). The maximum atomic E-state index is 11.7. The fourth-order valence-electron chi connectivity index (χ4n) is 1.58. The first-order valence-electron chi connectivity index (χ1n) is 6.51. The minimum atomic E-state index is -0.277. The zero-order valence-electron chi connectivity index (χ0n) is 12.3. The molecule has 1 atom stereocenters. The lowest BCUT2D eigenvalue weighted by Gasteiger charge is -2.22. The van der Waals surface area contributed by atoms with Gasteiger partial charge in [0.15, 0.2) is 0 Å². The molecule has 20 heavy (non-hydrogen) atoms. The molecular weight excluding hydrogens is 260 g/mol. The number of carbonyl (C=O) groups is 1. The molecule has 1 rings (SSSR count). The Morgan fingerprint density at radius 3 is 2.15 bits per heavy atom. The van der Waals surface area contributed by atoms with Crippen LogP contribution in [0, 0.1) is 5.92 Å². The normalized spacial score (nSPS) is 12.5. The number of anilines is 3. The van der Waals surface area contributed by atoms with Crippen LogP contribution in [0.5, 0.6) is 0 Å². The van der Waals surface area contributed by atoms with Crippen LogP contribution in [0.1, 0.15) is 34.1 Å². The van der Waals surface area contributed by atoms with Crippen LogP contribution in [0.4, 0.5) is 17.8 Å². The molecule has 1 heterocycles. The van der Waals surface area contributed by atoms with Crippen LogP contribution in [-0.4, -0.2) is 33.1 Å². The molecule has 1 aromatic rings. The average molecular weight is 282 g/mol. The molecule has 0 fully saturated rings. The van der Waals surface area contributed by atoms with E-state index >= 15 is 0 Å². The molecule has 8 nitrogen and oxygen atoms in total. The van der Waals surface area contributed by atoms with Crippen molar-refractivity contribution < 1.29 is 9.53 Å². The predicted octanol–water partition coefficient (Wildman–Crippen LogP) is 0.814. The Morgan fingerprint density at radius 1 is 1.15 bits per heavy atom. The predicted molar refractivity (Wildman–Crippen MR) is 76.7 cm³/mol. The van der Waals surface area contributed by atoms with E-state index in [-0.39, 0.29) is 48.3 Å². The second-order valence-corrected chi connectivity index (χ2v) is 5.11. The monoisotopic (exact) mass is 282 g/mol. The Kier molecular flexibility index (Phi) is 5.48. The van der Waals surface area contributed by atoms with Gasteiger partial charge in [0.2, 0.25) is 17.8 Å². The smallest absolute Gasteiger partial charge is 0.308 e. The fraction of sp³-hybridized carbons (Fsp3) is 0.667. The van der Waals surface area contributed by atoms with Crippen LogP contribution < -0.4 is 16.8 Å². The van der Waals surface area contributed by atoms with Crippen molar-refractivity contribution in [3.63, 3.8) is 0 Å². The lowest BCUT2D eigenvalue weighted by atomic mass is 10.0. The van der Waals surface area contributed by atoms with Crippen LogP contribution in [0.2, 0.25) is 0 Å². The summed E-state index contributed by atoms with van der Waals surface area (Å²) in [5.41, 5.74) is 11.0. The molecule has 0 saturated carbocycles. The Labute approximate surface area is 118 Å². The third-order valence-electron chi connectivity index (χ3n) is 2.54. The summed E-state index contributed by atoms with van der Waals surface area (Å²) in [5, 5.41) is 3.04. The van der Waals surface area contributed by atoms with Gasteiger partial charge in [0, 0.05) is 6.04 Å². The van der Waals surface area contributed by atoms with Gasteiger partial charge in [-0.3, -0.25) is 4.79 Å². The highest BCUT2D eigenvalue weighted by Crippen LogP contribution is 2.14. The molecule has 0 aliphatic rings. The van der Waals surface area contributed by atoms with Gasteiger partial charge in [-0.2, -0.15) is 15.0 Å². The minimum Gasteiger partial charge on any atom is -0.463 e. The number of hydrogen-bond acceptors (Lipinski definition) is 8. The third kappa shape index (κ3) is 5.25. The summed E-state index contributed by atoms with van der Waals surface area (Å²) >= 11 is 0. The van der Waals surface area contributed by atoms with E-state index < -0.39 is 0 Å². The number of nitrogen functional groups attached to an aromatic ring is 2. The number of carbonyl (C=O) groups excluding carboxylic acids is 1. The Hall–Kier alpha value is -2.12. The number of nitrogens with two attached hydrogens (primary N) is 2. The number of aromatic nitrogens is 3. The first-order valence-corrected chi connectivity index (χ1v) is 6.51. The second kappa shape index (κ2) is 6.88. The Balaban J connectivity index is 2.74. The van der Waals surface area contributed by atoms with Gasteiger partial charge in [0.1, 0.15) is 0 Å². The summed E-state index contributed by atoms with van der Waals surface area (Å²) in [5.74, 6) is 0.223. The number of ether oxygens (including phenoxy) is 1. The van der Waals surface area contributed by atoms with Gasteiger partial charge in [-0.25, -0.2) is 0 Å². The van der Waals surface area contributed by atoms with E-state index in [0.717, 1.165) is 0 Å². The summed E-state index contributed by atoms with van der Waals surface area (Å²) in [7, 11) is 0. The Bertz CT molecular complexity index is 443. The van der Waals surface area contributed by atoms with Crippen LogP contribution in [0.3, 0.4) is 0 Å². The topological polar surface area (TPSA) is 129 Å². The van der Waals surface area contributed by atoms with Crippen LogP contribution in [-0.2, 0) is 9.53 Å². The van der Waals surface area contributed by atoms with E-state index in [4.69, 9.17) is 16.2 Å². The fourth-order valence-corrected chi connectivity index (χ4v) is 1.58. The van der Waals surface area contributed by atoms with E-state index in [0.29, 0.717) is 0 Å². The lowest BCUT2D eigenvalue weighted by Crippen LogP contribution is -2.31. The van der Waals surface area contributed by atoms with Gasteiger partial charge in [0.05, 0.1) is 12.5 Å². The highest BCUT2D eigenvalue weighted by Gasteiger charge is 2.20. The quantitative estimate of drug-likeness (QED) is 0.654. The van der Waals surface area contributed by atoms with Gasteiger partial charge in [0.25, 0.3) is 0 Å². The van der Waals surface area contributed by atoms with Gasteiger partial charge in [-0.05, 0) is 19.8 Å². The third-order valence-corrected chi connectivity index (χ3v) is 2.54. The molecule has 8 heteroatoms. The van der Waals surface area contributed by atoms with Crippen molar-refractivity contribution in [3.05, 3.63) is 0 Å². The molecule has 1 aromatic heterocycles. The Morgan fingerprint density at radius 2 is 1.70 bits per heavy atom. The van der Waals surface area contributed by atoms with E-state index in [1.165, 1.54) is 0 Å². The molecule has 0 spiro atoms. The summed E-state index contributed by atoms with van der Waals surface area (Å²) in [6.45, 7) is 7.58. The molecule has 0 aliphatic carbocycles. The minimum absolute atomic E-state index is 0.0345. The molecule has 1 unspecified atom stereocenters. The van der Waals surface area contributed by atoms with E-state index in [2.05, 4.69) is 20.3 Å². The van der Waals surface area contributed by atoms with Crippen molar-refractivity contribution in [3.8, 4) is 0 Å². The molecule has 0 radical (unpaired) electrons. The summed E-state index contributed by atoms with van der Waals surface area (Å²) in [6, 6.07) is -0.178. The highest BCUT2D eigenvalue weighted by atomic mass is 16.5. The van der Waals surface area contributed by atoms with Crippen LogP contribution in [0.25, 0.3) is 0 Å². The summed E-state index contributed by atoms with van der Waals surface area (Å²) in [4.78, 5) is 23.3. The largest absolute Gasteiger partial charge is 0.463 e. The second-order valence-electron chi connectivity index (χ2n) is 5.11.